The van der Waals surface area contributed by atoms with E-state index in [4.69, 9.17) is 5.11 Å². The van der Waals surface area contributed by atoms with E-state index in [9.17, 15) is 4.79 Å². The van der Waals surface area contributed by atoms with E-state index in [2.05, 4.69) is 15.0 Å². The first-order valence-electron chi connectivity index (χ1n) is 3.57. The molecule has 0 radical (unpaired) electrons. The van der Waals surface area contributed by atoms with Crippen LogP contribution < -0.4 is 0 Å². The zero-order chi connectivity index (χ0) is 9.26. The number of rotatable bonds is 1. The first-order valence-corrected chi connectivity index (χ1v) is 3.57. The molecule has 2 aromatic heterocycles. The quantitative estimate of drug-likeness (QED) is 0.691. The molecule has 0 saturated heterocycles. The maximum absolute atomic E-state index is 10.5. The molecule has 0 unspecified atom stereocenters. The molecule has 0 aliphatic rings. The van der Waals surface area contributed by atoms with Crippen LogP contribution in [0.25, 0.3) is 10.9 Å². The maximum atomic E-state index is 10.5. The molecule has 0 amide bonds. The lowest BCUT2D eigenvalue weighted by Gasteiger charge is -1.95. The number of hydrogen-bond donors (Lipinski definition) is 1. The SMILES string of the molecule is O=C(O)c1ncc2cnccc2n1. The second-order valence-corrected chi connectivity index (χ2v) is 2.43. The molecule has 2 heterocycles. The molecule has 1 N–H and O–H groups in total. The molecule has 2 aromatic rings. The van der Waals surface area contributed by atoms with Crippen LogP contribution in [0, 0.1) is 0 Å². The number of pyridine rings is 1. The van der Waals surface area contributed by atoms with Crippen LogP contribution in [-0.2, 0) is 0 Å². The van der Waals surface area contributed by atoms with Crippen LogP contribution in [-0.4, -0.2) is 26.0 Å². The maximum Gasteiger partial charge on any atom is 0.373 e. The van der Waals surface area contributed by atoms with Gasteiger partial charge in [0.2, 0.25) is 5.82 Å². The normalized spacial score (nSPS) is 10.2. The number of carbonyl (C=O) groups is 1. The number of carboxylic acids is 1. The molecule has 0 saturated carbocycles. The Labute approximate surface area is 73.1 Å². The summed E-state index contributed by atoms with van der Waals surface area (Å²) in [7, 11) is 0. The number of fused-ring (bicyclic) bond motifs is 1. The van der Waals surface area contributed by atoms with Crippen molar-refractivity contribution in [2.45, 2.75) is 0 Å². The largest absolute Gasteiger partial charge is 0.475 e. The Balaban J connectivity index is 2.69. The fourth-order valence-corrected chi connectivity index (χ4v) is 0.977. The van der Waals surface area contributed by atoms with E-state index in [1.165, 1.54) is 6.20 Å². The third-order valence-corrected chi connectivity index (χ3v) is 1.57. The fourth-order valence-electron chi connectivity index (χ4n) is 0.977. The smallest absolute Gasteiger partial charge is 0.373 e. The molecule has 5 heteroatoms. The van der Waals surface area contributed by atoms with Gasteiger partial charge >= 0.3 is 5.97 Å². The van der Waals surface area contributed by atoms with Crippen LogP contribution in [0.1, 0.15) is 10.6 Å². The third kappa shape index (κ3) is 1.31. The van der Waals surface area contributed by atoms with Crippen molar-refractivity contribution in [3.63, 3.8) is 0 Å². The lowest BCUT2D eigenvalue weighted by Crippen LogP contribution is -2.03. The highest BCUT2D eigenvalue weighted by Crippen LogP contribution is 2.07. The molecule has 2 rings (SSSR count). The van der Waals surface area contributed by atoms with Crippen LogP contribution in [0.4, 0.5) is 0 Å². The van der Waals surface area contributed by atoms with Gasteiger partial charge in [0.15, 0.2) is 0 Å². The van der Waals surface area contributed by atoms with Crippen LogP contribution in [0.5, 0.6) is 0 Å². The van der Waals surface area contributed by atoms with E-state index in [1.807, 2.05) is 0 Å². The van der Waals surface area contributed by atoms with Gasteiger partial charge in [-0.1, -0.05) is 0 Å². The van der Waals surface area contributed by atoms with E-state index in [0.29, 0.717) is 5.52 Å². The van der Waals surface area contributed by atoms with Crippen LogP contribution in [0.15, 0.2) is 24.7 Å². The molecule has 64 valence electrons. The Morgan fingerprint density at radius 2 is 2.23 bits per heavy atom. The Hall–Kier alpha value is -2.04. The first kappa shape index (κ1) is 7.60. The molecular formula is C8H5N3O2. The standard InChI is InChI=1S/C8H5N3O2/c12-8(13)7-10-4-5-3-9-2-1-6(5)11-7/h1-4H,(H,12,13). The highest BCUT2D eigenvalue weighted by molar-refractivity contribution is 5.86. The molecular weight excluding hydrogens is 170 g/mol. The van der Waals surface area contributed by atoms with Gasteiger partial charge in [0.25, 0.3) is 0 Å². The van der Waals surface area contributed by atoms with Crippen LogP contribution in [0.3, 0.4) is 0 Å². The summed E-state index contributed by atoms with van der Waals surface area (Å²) in [5.41, 5.74) is 0.586. The van der Waals surface area contributed by atoms with Crippen molar-refractivity contribution in [1.82, 2.24) is 15.0 Å². The fraction of sp³-hybridized carbons (Fsp3) is 0. The number of carboxylic acid groups (broad SMARTS) is 1. The van der Waals surface area contributed by atoms with Crippen molar-refractivity contribution in [3.05, 3.63) is 30.5 Å². The highest BCUT2D eigenvalue weighted by Gasteiger charge is 2.06. The Bertz CT molecular complexity index is 470. The zero-order valence-corrected chi connectivity index (χ0v) is 6.51. The summed E-state index contributed by atoms with van der Waals surface area (Å²) in [5, 5.41) is 9.33. The monoisotopic (exact) mass is 175 g/mol. The molecule has 13 heavy (non-hydrogen) atoms. The molecule has 0 aliphatic heterocycles. The van der Waals surface area contributed by atoms with Crippen LogP contribution >= 0.6 is 0 Å². The van der Waals surface area contributed by atoms with Crippen molar-refractivity contribution >= 4 is 16.9 Å². The van der Waals surface area contributed by atoms with E-state index >= 15 is 0 Å². The minimum atomic E-state index is -1.13. The minimum Gasteiger partial charge on any atom is -0.475 e. The molecule has 0 aromatic carbocycles. The van der Waals surface area contributed by atoms with Crippen molar-refractivity contribution in [3.8, 4) is 0 Å². The first-order chi connectivity index (χ1) is 6.27. The van der Waals surface area contributed by atoms with Gasteiger partial charge in [0.05, 0.1) is 5.52 Å². The van der Waals surface area contributed by atoms with Gasteiger partial charge in [0, 0.05) is 24.0 Å². The summed E-state index contributed by atoms with van der Waals surface area (Å²) in [6.07, 6.45) is 4.58. The van der Waals surface area contributed by atoms with Crippen LogP contribution in [0.2, 0.25) is 0 Å². The summed E-state index contributed by atoms with van der Waals surface area (Å²) in [5.74, 6) is -1.32. The molecule has 0 atom stereocenters. The molecule has 0 fully saturated rings. The number of aromatic carboxylic acids is 1. The second-order valence-electron chi connectivity index (χ2n) is 2.43. The van der Waals surface area contributed by atoms with Crippen molar-refractivity contribution in [2.24, 2.45) is 0 Å². The van der Waals surface area contributed by atoms with Crippen molar-refractivity contribution < 1.29 is 9.90 Å². The summed E-state index contributed by atoms with van der Waals surface area (Å²) < 4.78 is 0. The topological polar surface area (TPSA) is 76.0 Å². The lowest BCUT2D eigenvalue weighted by atomic mass is 10.3. The molecule has 0 spiro atoms. The average Bonchev–Trinajstić information content (AvgIpc) is 2.17. The molecule has 5 nitrogen and oxygen atoms in total. The summed E-state index contributed by atoms with van der Waals surface area (Å²) in [4.78, 5) is 21.8. The highest BCUT2D eigenvalue weighted by atomic mass is 16.4. The lowest BCUT2D eigenvalue weighted by molar-refractivity contribution is 0.0684. The van der Waals surface area contributed by atoms with Gasteiger partial charge in [-0.25, -0.2) is 14.8 Å². The van der Waals surface area contributed by atoms with E-state index in [1.54, 1.807) is 18.5 Å². The predicted molar refractivity (Wildman–Crippen MR) is 44.3 cm³/mol. The van der Waals surface area contributed by atoms with Gasteiger partial charge in [-0.05, 0) is 6.07 Å². The van der Waals surface area contributed by atoms with E-state index < -0.39 is 5.97 Å². The third-order valence-electron chi connectivity index (χ3n) is 1.57. The van der Waals surface area contributed by atoms with E-state index in [0.717, 1.165) is 5.39 Å². The number of nitrogens with zero attached hydrogens (tertiary/aromatic N) is 3. The van der Waals surface area contributed by atoms with Crippen molar-refractivity contribution in [2.75, 3.05) is 0 Å². The summed E-state index contributed by atoms with van der Waals surface area (Å²) in [6.45, 7) is 0. The summed E-state index contributed by atoms with van der Waals surface area (Å²) in [6, 6.07) is 1.64. The Morgan fingerprint density at radius 1 is 1.38 bits per heavy atom. The van der Waals surface area contributed by atoms with Gasteiger partial charge in [0.1, 0.15) is 0 Å². The summed E-state index contributed by atoms with van der Waals surface area (Å²) >= 11 is 0. The zero-order valence-electron chi connectivity index (χ0n) is 6.51. The van der Waals surface area contributed by atoms with Gasteiger partial charge in [-0.2, -0.15) is 0 Å². The van der Waals surface area contributed by atoms with Gasteiger partial charge < -0.3 is 5.11 Å². The van der Waals surface area contributed by atoms with Gasteiger partial charge in [-0.3, -0.25) is 4.98 Å². The molecule has 0 aliphatic carbocycles. The Morgan fingerprint density at radius 3 is 3.00 bits per heavy atom. The molecule has 0 bridgehead atoms. The predicted octanol–water partition coefficient (Wildman–Crippen LogP) is 0.723. The van der Waals surface area contributed by atoms with E-state index in [-0.39, 0.29) is 5.82 Å². The number of hydrogen-bond acceptors (Lipinski definition) is 4. The van der Waals surface area contributed by atoms with Crippen molar-refractivity contribution in [1.29, 1.82) is 0 Å². The second kappa shape index (κ2) is 2.78. The minimum absolute atomic E-state index is 0.196. The number of aromatic nitrogens is 3. The van der Waals surface area contributed by atoms with Gasteiger partial charge in [-0.15, -0.1) is 0 Å². The Kier molecular flexibility index (Phi) is 1.63. The average molecular weight is 175 g/mol.